The summed E-state index contributed by atoms with van der Waals surface area (Å²) in [6.07, 6.45) is 7.82. The summed E-state index contributed by atoms with van der Waals surface area (Å²) >= 11 is 5.95. The number of hydrogen-bond acceptors (Lipinski definition) is 5. The van der Waals surface area contributed by atoms with E-state index in [0.717, 1.165) is 22.6 Å². The van der Waals surface area contributed by atoms with E-state index in [1.54, 1.807) is 24.4 Å². The van der Waals surface area contributed by atoms with Crippen molar-refractivity contribution in [3.05, 3.63) is 89.0 Å². The first kappa shape index (κ1) is 20.3. The molecule has 162 valence electrons. The third-order valence-corrected chi connectivity index (χ3v) is 5.53. The highest BCUT2D eigenvalue weighted by Crippen LogP contribution is 2.39. The number of pyridine rings is 2. The van der Waals surface area contributed by atoms with E-state index in [1.165, 1.54) is 18.4 Å². The maximum absolute atomic E-state index is 12.1. The average molecular weight is 448 g/mol. The van der Waals surface area contributed by atoms with Gasteiger partial charge in [0.25, 0.3) is 0 Å². The molecule has 0 aliphatic heterocycles. The van der Waals surface area contributed by atoms with Gasteiger partial charge in [-0.2, -0.15) is 0 Å². The minimum atomic E-state index is -0.582. The normalized spacial score (nSPS) is 13.2. The number of benzene rings is 1. The zero-order valence-electron chi connectivity index (χ0n) is 17.3. The van der Waals surface area contributed by atoms with Gasteiger partial charge in [-0.15, -0.1) is 0 Å². The number of carbonyl (C=O) groups is 1. The van der Waals surface area contributed by atoms with Gasteiger partial charge in [0.05, 0.1) is 12.2 Å². The van der Waals surface area contributed by atoms with Gasteiger partial charge in [-0.05, 0) is 54.2 Å². The molecule has 1 aliphatic rings. The minimum absolute atomic E-state index is 0.126. The number of hydrogen-bond donors (Lipinski definition) is 2. The van der Waals surface area contributed by atoms with Crippen LogP contribution in [0.15, 0.2) is 67.1 Å². The molecular formula is C24H22ClN5O2. The Balaban J connectivity index is 1.17. The summed E-state index contributed by atoms with van der Waals surface area (Å²) in [6.45, 7) is 0.684. The first-order valence-corrected chi connectivity index (χ1v) is 10.9. The van der Waals surface area contributed by atoms with Crippen molar-refractivity contribution in [3.8, 4) is 0 Å². The van der Waals surface area contributed by atoms with Crippen molar-refractivity contribution >= 4 is 34.8 Å². The Labute approximate surface area is 190 Å². The quantitative estimate of drug-likeness (QED) is 0.384. The van der Waals surface area contributed by atoms with Gasteiger partial charge in [0.15, 0.2) is 0 Å². The Kier molecular flexibility index (Phi) is 5.64. The van der Waals surface area contributed by atoms with Crippen LogP contribution >= 0.6 is 11.6 Å². The van der Waals surface area contributed by atoms with E-state index in [4.69, 9.17) is 16.3 Å². The van der Waals surface area contributed by atoms with Crippen molar-refractivity contribution in [2.45, 2.75) is 31.9 Å². The summed E-state index contributed by atoms with van der Waals surface area (Å²) in [4.78, 5) is 20.9. The molecule has 0 bridgehead atoms. The molecule has 8 heteroatoms. The maximum Gasteiger partial charge on any atom is 0.413 e. The zero-order chi connectivity index (χ0) is 21.9. The summed E-state index contributed by atoms with van der Waals surface area (Å²) in [5, 5.41) is 6.57. The molecule has 0 spiro atoms. The summed E-state index contributed by atoms with van der Waals surface area (Å²) in [5.41, 5.74) is 4.88. The number of halogens is 1. The monoisotopic (exact) mass is 447 g/mol. The Morgan fingerprint density at radius 3 is 2.91 bits per heavy atom. The molecule has 0 radical (unpaired) electrons. The van der Waals surface area contributed by atoms with E-state index in [-0.39, 0.29) is 6.61 Å². The highest BCUT2D eigenvalue weighted by Gasteiger charge is 2.23. The van der Waals surface area contributed by atoms with Gasteiger partial charge in [-0.3, -0.25) is 5.32 Å². The van der Waals surface area contributed by atoms with E-state index >= 15 is 0 Å². The second kappa shape index (κ2) is 8.88. The molecule has 32 heavy (non-hydrogen) atoms. The number of nitrogens with one attached hydrogen (secondary N) is 2. The Hall–Kier alpha value is -3.58. The lowest BCUT2D eigenvalue weighted by atomic mass is 10.2. The molecule has 0 saturated heterocycles. The summed E-state index contributed by atoms with van der Waals surface area (Å²) in [6, 6.07) is 15.0. The summed E-state index contributed by atoms with van der Waals surface area (Å²) in [5.74, 6) is 1.11. The number of fused-ring (bicyclic) bond motifs is 1. The lowest BCUT2D eigenvalue weighted by Crippen LogP contribution is -2.14. The number of ether oxygens (including phenoxy) is 1. The largest absolute Gasteiger partial charge is 0.444 e. The van der Waals surface area contributed by atoms with E-state index in [0.29, 0.717) is 23.3 Å². The van der Waals surface area contributed by atoms with Crippen molar-refractivity contribution in [1.82, 2.24) is 14.4 Å². The van der Waals surface area contributed by atoms with Crippen LogP contribution in [0.5, 0.6) is 0 Å². The number of amides is 1. The van der Waals surface area contributed by atoms with Gasteiger partial charge in [0.1, 0.15) is 18.1 Å². The van der Waals surface area contributed by atoms with Crippen LogP contribution in [0.25, 0.3) is 5.65 Å². The van der Waals surface area contributed by atoms with Crippen LogP contribution in [0, 0.1) is 0 Å². The first-order valence-electron chi connectivity index (χ1n) is 10.5. The number of nitrogens with zero attached hydrogens (tertiary/aromatic N) is 3. The van der Waals surface area contributed by atoms with Crippen molar-refractivity contribution in [3.63, 3.8) is 0 Å². The van der Waals surface area contributed by atoms with E-state index < -0.39 is 6.09 Å². The van der Waals surface area contributed by atoms with Crippen molar-refractivity contribution in [2.75, 3.05) is 10.6 Å². The van der Waals surface area contributed by atoms with E-state index in [1.807, 2.05) is 24.4 Å². The van der Waals surface area contributed by atoms with Crippen molar-refractivity contribution in [2.24, 2.45) is 0 Å². The second-order valence-electron chi connectivity index (χ2n) is 7.85. The predicted octanol–water partition coefficient (Wildman–Crippen LogP) is 5.62. The van der Waals surface area contributed by atoms with E-state index in [2.05, 4.69) is 43.3 Å². The van der Waals surface area contributed by atoms with Gasteiger partial charge in [0, 0.05) is 35.4 Å². The van der Waals surface area contributed by atoms with Crippen LogP contribution in [-0.2, 0) is 17.9 Å². The number of anilines is 2. The number of carbonyl (C=O) groups excluding carboxylic acids is 1. The fourth-order valence-electron chi connectivity index (χ4n) is 3.52. The smallest absolute Gasteiger partial charge is 0.413 e. The molecule has 5 rings (SSSR count). The maximum atomic E-state index is 12.1. The van der Waals surface area contributed by atoms with Crippen LogP contribution in [0.4, 0.5) is 16.3 Å². The lowest BCUT2D eigenvalue weighted by Gasteiger charge is -2.09. The molecular weight excluding hydrogens is 426 g/mol. The molecule has 1 saturated carbocycles. The van der Waals surface area contributed by atoms with Gasteiger partial charge < -0.3 is 14.5 Å². The zero-order valence-corrected chi connectivity index (χ0v) is 18.0. The SMILES string of the molecule is O=C(Nc1cc(NCc2cn3cc(C4CC4)ccc3n2)ccn1)OCc1cccc(Cl)c1. The summed E-state index contributed by atoms with van der Waals surface area (Å²) in [7, 11) is 0. The number of rotatable bonds is 7. The Morgan fingerprint density at radius 2 is 2.06 bits per heavy atom. The van der Waals surface area contributed by atoms with Crippen LogP contribution in [0.2, 0.25) is 5.02 Å². The fourth-order valence-corrected chi connectivity index (χ4v) is 3.74. The Morgan fingerprint density at radius 1 is 1.16 bits per heavy atom. The molecule has 7 nitrogen and oxygen atoms in total. The highest BCUT2D eigenvalue weighted by molar-refractivity contribution is 6.30. The van der Waals surface area contributed by atoms with Crippen molar-refractivity contribution in [1.29, 1.82) is 0 Å². The van der Waals surface area contributed by atoms with Crippen molar-refractivity contribution < 1.29 is 9.53 Å². The second-order valence-corrected chi connectivity index (χ2v) is 8.29. The molecule has 2 N–H and O–H groups in total. The first-order chi connectivity index (χ1) is 15.6. The van der Waals surface area contributed by atoms with Gasteiger partial charge in [-0.25, -0.2) is 14.8 Å². The third-order valence-electron chi connectivity index (χ3n) is 5.30. The number of imidazole rings is 1. The molecule has 1 aromatic carbocycles. The molecule has 1 amide bonds. The molecule has 1 aliphatic carbocycles. The molecule has 3 aromatic heterocycles. The molecule has 3 heterocycles. The van der Waals surface area contributed by atoms with E-state index in [9.17, 15) is 4.79 Å². The van der Waals surface area contributed by atoms with Crippen LogP contribution in [-0.4, -0.2) is 20.5 Å². The molecule has 0 atom stereocenters. The van der Waals surface area contributed by atoms with Gasteiger partial charge in [0.2, 0.25) is 0 Å². The van der Waals surface area contributed by atoms with Crippen LogP contribution in [0.3, 0.4) is 0 Å². The van der Waals surface area contributed by atoms with Crippen LogP contribution < -0.4 is 10.6 Å². The van der Waals surface area contributed by atoms with Gasteiger partial charge in [-0.1, -0.05) is 29.8 Å². The lowest BCUT2D eigenvalue weighted by molar-refractivity contribution is 0.155. The summed E-state index contributed by atoms with van der Waals surface area (Å²) < 4.78 is 7.32. The van der Waals surface area contributed by atoms with Crippen LogP contribution in [0.1, 0.15) is 35.6 Å². The topological polar surface area (TPSA) is 80.6 Å². The molecule has 1 fully saturated rings. The standard InChI is InChI=1S/C24H22ClN5O2/c25-19-3-1-2-16(10-19)15-32-24(31)29-22-11-20(8-9-26-22)27-12-21-14-30-13-18(17-4-5-17)6-7-23(30)28-21/h1-3,6-11,13-14,17H,4-5,12,15H2,(H2,26,27,29,31). The minimum Gasteiger partial charge on any atom is -0.444 e. The molecule has 0 unspecified atom stereocenters. The third kappa shape index (κ3) is 5.00. The predicted molar refractivity (Wildman–Crippen MR) is 124 cm³/mol. The number of aromatic nitrogens is 3. The highest BCUT2D eigenvalue weighted by atomic mass is 35.5. The fraction of sp³-hybridized carbons (Fsp3) is 0.208. The molecule has 4 aromatic rings. The Bertz CT molecular complexity index is 1270. The van der Waals surface area contributed by atoms with Gasteiger partial charge >= 0.3 is 6.09 Å². The average Bonchev–Trinajstić information content (AvgIpc) is 3.56.